The first kappa shape index (κ1) is 21.8. The van der Waals surface area contributed by atoms with Gasteiger partial charge in [0.2, 0.25) is 5.91 Å². The Kier molecular flexibility index (Phi) is 5.61. The lowest BCUT2D eigenvalue weighted by Crippen LogP contribution is -2.51. The number of hydrogen-bond acceptors (Lipinski definition) is 5. The zero-order chi connectivity index (χ0) is 23.8. The van der Waals surface area contributed by atoms with Crippen LogP contribution in [0.5, 0.6) is 5.75 Å². The zero-order valence-electron chi connectivity index (χ0n) is 18.8. The molecule has 3 aromatic rings. The molecule has 10 nitrogen and oxygen atoms in total. The first-order valence-corrected chi connectivity index (χ1v) is 11.4. The van der Waals surface area contributed by atoms with Crippen molar-refractivity contribution in [2.24, 2.45) is 11.8 Å². The van der Waals surface area contributed by atoms with Crippen molar-refractivity contribution in [2.45, 2.75) is 37.9 Å². The Morgan fingerprint density at radius 3 is 2.94 bits per heavy atom. The molecule has 4 atom stereocenters. The van der Waals surface area contributed by atoms with Crippen LogP contribution in [0.25, 0.3) is 10.9 Å². The molecule has 3 heterocycles. The van der Waals surface area contributed by atoms with E-state index < -0.39 is 12.1 Å². The van der Waals surface area contributed by atoms with Crippen molar-refractivity contribution in [3.8, 4) is 11.8 Å². The molecular weight excluding hydrogens is 436 g/mol. The molecule has 2 aromatic heterocycles. The maximum atomic E-state index is 13.6. The molecule has 34 heavy (non-hydrogen) atoms. The molecule has 1 aliphatic carbocycles. The van der Waals surface area contributed by atoms with Gasteiger partial charge in [-0.25, -0.2) is 4.79 Å². The number of aromatic amines is 2. The van der Waals surface area contributed by atoms with Gasteiger partial charge in [-0.3, -0.25) is 14.2 Å². The topological polar surface area (TPSA) is 136 Å². The third-order valence-electron chi connectivity index (χ3n) is 7.07. The summed E-state index contributed by atoms with van der Waals surface area (Å²) in [6.07, 6.45) is 5.86. The van der Waals surface area contributed by atoms with E-state index in [1.807, 2.05) is 18.2 Å². The van der Waals surface area contributed by atoms with Crippen molar-refractivity contribution in [2.75, 3.05) is 13.7 Å². The van der Waals surface area contributed by atoms with Crippen LogP contribution in [0.4, 0.5) is 0 Å². The van der Waals surface area contributed by atoms with E-state index in [1.54, 1.807) is 18.1 Å². The van der Waals surface area contributed by atoms with Crippen LogP contribution >= 0.6 is 0 Å². The Bertz CT molecular complexity index is 1330. The van der Waals surface area contributed by atoms with Crippen LogP contribution in [-0.2, 0) is 11.3 Å². The number of nitrogens with zero attached hydrogens (tertiary/aromatic N) is 3. The van der Waals surface area contributed by atoms with Gasteiger partial charge in [-0.2, -0.15) is 5.26 Å². The van der Waals surface area contributed by atoms with Crippen molar-refractivity contribution < 1.29 is 14.3 Å². The fourth-order valence-corrected chi connectivity index (χ4v) is 5.49. The highest BCUT2D eigenvalue weighted by molar-refractivity contribution is 6.02. The fraction of sp³-hybridized carbons (Fsp3) is 0.417. The van der Waals surface area contributed by atoms with Gasteiger partial charge in [0.1, 0.15) is 23.5 Å². The predicted molar refractivity (Wildman–Crippen MR) is 123 cm³/mol. The first-order valence-electron chi connectivity index (χ1n) is 11.4. The molecule has 176 valence electrons. The van der Waals surface area contributed by atoms with E-state index in [2.05, 4.69) is 21.4 Å². The number of carbonyl (C=O) groups excluding carboxylic acids is 2. The third kappa shape index (κ3) is 3.73. The molecule has 0 spiro atoms. The van der Waals surface area contributed by atoms with Gasteiger partial charge in [-0.1, -0.05) is 12.5 Å². The second kappa shape index (κ2) is 8.74. The Labute approximate surface area is 195 Å². The molecule has 2 fully saturated rings. The lowest BCUT2D eigenvalue weighted by molar-refractivity contribution is -0.126. The Hall–Kier alpha value is -4.00. The highest BCUT2D eigenvalue weighted by atomic mass is 16.5. The van der Waals surface area contributed by atoms with E-state index in [4.69, 9.17) is 4.74 Å². The van der Waals surface area contributed by atoms with Crippen LogP contribution in [-0.4, -0.2) is 57.0 Å². The molecular formula is C24H26N6O4. The molecule has 1 saturated carbocycles. The minimum absolute atomic E-state index is 0.0289. The van der Waals surface area contributed by atoms with Crippen LogP contribution in [0.2, 0.25) is 0 Å². The van der Waals surface area contributed by atoms with Crippen LogP contribution in [0, 0.1) is 23.2 Å². The van der Waals surface area contributed by atoms with E-state index in [1.165, 1.54) is 17.0 Å². The summed E-state index contributed by atoms with van der Waals surface area (Å²) in [6.45, 7) is 0.531. The molecule has 2 aliphatic rings. The first-order chi connectivity index (χ1) is 16.5. The van der Waals surface area contributed by atoms with E-state index in [0.29, 0.717) is 18.0 Å². The Morgan fingerprint density at radius 2 is 2.21 bits per heavy atom. The van der Waals surface area contributed by atoms with Crippen LogP contribution < -0.4 is 15.7 Å². The van der Waals surface area contributed by atoms with Crippen LogP contribution in [0.15, 0.2) is 41.5 Å². The summed E-state index contributed by atoms with van der Waals surface area (Å²) >= 11 is 0. The van der Waals surface area contributed by atoms with E-state index >= 15 is 0 Å². The van der Waals surface area contributed by atoms with Gasteiger partial charge in [0.05, 0.1) is 19.7 Å². The maximum absolute atomic E-state index is 13.6. The highest BCUT2D eigenvalue weighted by Gasteiger charge is 2.50. The van der Waals surface area contributed by atoms with Crippen molar-refractivity contribution in [3.63, 3.8) is 0 Å². The summed E-state index contributed by atoms with van der Waals surface area (Å²) in [4.78, 5) is 46.1. The molecule has 1 aromatic carbocycles. The summed E-state index contributed by atoms with van der Waals surface area (Å²) in [5.74, 6) is 0.371. The minimum atomic E-state index is -0.893. The van der Waals surface area contributed by atoms with E-state index in [-0.39, 0.29) is 35.9 Å². The van der Waals surface area contributed by atoms with Gasteiger partial charge in [0.15, 0.2) is 0 Å². The number of fused-ring (bicyclic) bond motifs is 2. The number of benzene rings is 1. The summed E-state index contributed by atoms with van der Waals surface area (Å²) in [5, 5.41) is 13.2. The molecule has 1 aliphatic heterocycles. The largest absolute Gasteiger partial charge is 0.496 e. The van der Waals surface area contributed by atoms with Crippen molar-refractivity contribution in [1.82, 2.24) is 24.8 Å². The average Bonchev–Trinajstić information content (AvgIpc) is 3.61. The molecule has 10 heteroatoms. The summed E-state index contributed by atoms with van der Waals surface area (Å²) in [5.41, 5.74) is 0.829. The van der Waals surface area contributed by atoms with Crippen molar-refractivity contribution >= 4 is 22.7 Å². The minimum Gasteiger partial charge on any atom is -0.496 e. The number of imidazole rings is 1. The van der Waals surface area contributed by atoms with Gasteiger partial charge in [-0.05, 0) is 42.9 Å². The zero-order valence-corrected chi connectivity index (χ0v) is 18.8. The molecule has 0 radical (unpaired) electrons. The third-order valence-corrected chi connectivity index (χ3v) is 7.07. The van der Waals surface area contributed by atoms with Gasteiger partial charge >= 0.3 is 5.69 Å². The fourth-order valence-electron chi connectivity index (χ4n) is 5.49. The number of likely N-dealkylation sites (tertiary alicyclic amines) is 1. The number of hydrogen-bond donors (Lipinski definition) is 3. The predicted octanol–water partition coefficient (Wildman–Crippen LogP) is 1.62. The Balaban J connectivity index is 1.40. The second-order valence-corrected chi connectivity index (χ2v) is 8.97. The van der Waals surface area contributed by atoms with Crippen LogP contribution in [0.1, 0.15) is 29.8 Å². The van der Waals surface area contributed by atoms with Gasteiger partial charge in [0.25, 0.3) is 5.91 Å². The number of amides is 2. The number of ether oxygens (including phenoxy) is 1. The maximum Gasteiger partial charge on any atom is 0.325 e. The molecule has 5 rings (SSSR count). The molecule has 3 N–H and O–H groups in total. The van der Waals surface area contributed by atoms with Crippen molar-refractivity contribution in [1.29, 1.82) is 5.26 Å². The second-order valence-electron chi connectivity index (χ2n) is 8.97. The number of rotatable bonds is 6. The normalized spacial score (nSPS) is 22.4. The van der Waals surface area contributed by atoms with E-state index in [0.717, 1.165) is 30.2 Å². The monoisotopic (exact) mass is 462 g/mol. The average molecular weight is 463 g/mol. The number of nitriles is 1. The quantitative estimate of drug-likeness (QED) is 0.511. The number of aromatic nitrogens is 3. The number of carbonyl (C=O) groups is 2. The van der Waals surface area contributed by atoms with E-state index in [9.17, 15) is 19.6 Å². The highest BCUT2D eigenvalue weighted by Crippen LogP contribution is 2.43. The van der Waals surface area contributed by atoms with Crippen LogP contribution in [0.3, 0.4) is 0 Å². The summed E-state index contributed by atoms with van der Waals surface area (Å²) in [7, 11) is 1.58. The van der Waals surface area contributed by atoms with Gasteiger partial charge in [0, 0.05) is 29.8 Å². The summed E-state index contributed by atoms with van der Waals surface area (Å²) in [6, 6.07) is 7.82. The smallest absolute Gasteiger partial charge is 0.325 e. The molecule has 2 amide bonds. The molecule has 0 bridgehead atoms. The SMILES string of the molecule is COc1cccc2[nH]c(C(=O)N3C[C@@H]4CCC[C@@H]4C3C(=O)N[C@H](C#N)Cn3cc[nH]c3=O)cc12. The summed E-state index contributed by atoms with van der Waals surface area (Å²) < 4.78 is 6.74. The molecule has 1 saturated heterocycles. The van der Waals surface area contributed by atoms with Gasteiger partial charge in [-0.15, -0.1) is 0 Å². The number of H-pyrrole nitrogens is 2. The Morgan fingerprint density at radius 1 is 1.35 bits per heavy atom. The lowest BCUT2D eigenvalue weighted by atomic mass is 9.93. The van der Waals surface area contributed by atoms with Gasteiger partial charge < -0.3 is 24.9 Å². The number of methoxy groups -OCH3 is 1. The standard InChI is InChI=1S/C24H26N6O4/c1-34-20-7-3-6-18-17(20)10-19(28-18)23(32)30-12-14-4-2-5-16(14)21(30)22(31)27-15(11-25)13-29-9-8-26-24(29)33/h3,6-10,14-16,21,28H,2,4-5,12-13H2,1H3,(H,26,33)(H,27,31)/t14-,15+,16-,21?/m0/s1. The number of nitrogens with one attached hydrogen (secondary N) is 3. The lowest BCUT2D eigenvalue weighted by Gasteiger charge is -2.27. The van der Waals surface area contributed by atoms with Crippen molar-refractivity contribution in [3.05, 3.63) is 52.8 Å². The molecule has 1 unspecified atom stereocenters.